The van der Waals surface area contributed by atoms with Crippen LogP contribution in [0.2, 0.25) is 5.02 Å². The Bertz CT molecular complexity index is 859. The molecule has 110 valence electrons. The average molecular weight is 330 g/mol. The van der Waals surface area contributed by atoms with Gasteiger partial charge in [0.15, 0.2) is 5.11 Å². The Morgan fingerprint density at radius 2 is 2.00 bits per heavy atom. The van der Waals surface area contributed by atoms with Crippen LogP contribution in [0.1, 0.15) is 10.4 Å². The molecule has 22 heavy (non-hydrogen) atoms. The number of hydrogen-bond acceptors (Lipinski definition) is 2. The molecule has 1 aromatic heterocycles. The molecule has 0 unspecified atom stereocenters. The van der Waals surface area contributed by atoms with E-state index in [0.29, 0.717) is 10.6 Å². The zero-order valence-corrected chi connectivity index (χ0v) is 13.0. The van der Waals surface area contributed by atoms with E-state index in [-0.39, 0.29) is 11.0 Å². The van der Waals surface area contributed by atoms with E-state index in [2.05, 4.69) is 15.6 Å². The summed E-state index contributed by atoms with van der Waals surface area (Å²) in [6.07, 6.45) is 1.87. The molecule has 0 aliphatic heterocycles. The molecule has 0 radical (unpaired) electrons. The van der Waals surface area contributed by atoms with Gasteiger partial charge in [0.25, 0.3) is 5.91 Å². The van der Waals surface area contributed by atoms with E-state index in [4.69, 9.17) is 23.8 Å². The zero-order chi connectivity index (χ0) is 15.5. The third kappa shape index (κ3) is 3.27. The molecule has 3 rings (SSSR count). The minimum absolute atomic E-state index is 0.232. The van der Waals surface area contributed by atoms with Crippen LogP contribution in [0.3, 0.4) is 0 Å². The Morgan fingerprint density at radius 1 is 1.14 bits per heavy atom. The lowest BCUT2D eigenvalue weighted by Crippen LogP contribution is -2.34. The first-order valence-corrected chi connectivity index (χ1v) is 7.35. The number of rotatable bonds is 2. The Balaban J connectivity index is 1.68. The SMILES string of the molecule is O=C(NC(=S)Nc1ccc2cc[nH]c2c1)c1cccc(Cl)c1. The second-order valence-corrected chi connectivity index (χ2v) is 5.54. The fourth-order valence-electron chi connectivity index (χ4n) is 2.09. The molecule has 1 heterocycles. The number of H-pyrrole nitrogens is 1. The lowest BCUT2D eigenvalue weighted by molar-refractivity contribution is 0.0977. The Kier molecular flexibility index (Phi) is 4.09. The first kappa shape index (κ1) is 14.6. The van der Waals surface area contributed by atoms with Gasteiger partial charge in [-0.3, -0.25) is 10.1 Å². The van der Waals surface area contributed by atoms with Crippen molar-refractivity contribution >= 4 is 51.4 Å². The summed E-state index contributed by atoms with van der Waals surface area (Å²) >= 11 is 11.0. The maximum atomic E-state index is 12.1. The summed E-state index contributed by atoms with van der Waals surface area (Å²) in [7, 11) is 0. The van der Waals surface area contributed by atoms with Crippen LogP contribution >= 0.6 is 23.8 Å². The van der Waals surface area contributed by atoms with E-state index in [1.54, 1.807) is 24.3 Å². The molecule has 2 aromatic carbocycles. The molecule has 0 bridgehead atoms. The molecule has 0 aliphatic rings. The molecule has 0 aliphatic carbocycles. The van der Waals surface area contributed by atoms with Crippen molar-refractivity contribution in [2.45, 2.75) is 0 Å². The standard InChI is InChI=1S/C16H12ClN3OS/c17-12-3-1-2-11(8-12)15(21)20-16(22)19-13-5-4-10-6-7-18-14(10)9-13/h1-9,18H,(H2,19,20,21,22). The molecule has 1 amide bonds. The van der Waals surface area contributed by atoms with Crippen molar-refractivity contribution in [3.63, 3.8) is 0 Å². The molecule has 0 saturated carbocycles. The summed E-state index contributed by atoms with van der Waals surface area (Å²) in [6, 6.07) is 14.5. The smallest absolute Gasteiger partial charge is 0.257 e. The van der Waals surface area contributed by atoms with Gasteiger partial charge in [-0.2, -0.15) is 0 Å². The highest BCUT2D eigenvalue weighted by Crippen LogP contribution is 2.17. The highest BCUT2D eigenvalue weighted by atomic mass is 35.5. The van der Waals surface area contributed by atoms with Gasteiger partial charge in [-0.15, -0.1) is 0 Å². The van der Waals surface area contributed by atoms with Crippen LogP contribution in [0.25, 0.3) is 10.9 Å². The van der Waals surface area contributed by atoms with E-state index >= 15 is 0 Å². The van der Waals surface area contributed by atoms with Crippen LogP contribution < -0.4 is 10.6 Å². The number of aromatic amines is 1. The third-order valence-corrected chi connectivity index (χ3v) is 3.57. The quantitative estimate of drug-likeness (QED) is 0.624. The van der Waals surface area contributed by atoms with E-state index in [9.17, 15) is 4.79 Å². The first-order chi connectivity index (χ1) is 10.6. The number of fused-ring (bicyclic) bond motifs is 1. The van der Waals surface area contributed by atoms with Crippen molar-refractivity contribution in [2.24, 2.45) is 0 Å². The molecule has 3 aromatic rings. The second-order valence-electron chi connectivity index (χ2n) is 4.70. The van der Waals surface area contributed by atoms with Gasteiger partial charge < -0.3 is 10.3 Å². The van der Waals surface area contributed by atoms with Gasteiger partial charge in [0.1, 0.15) is 0 Å². The molecule has 6 heteroatoms. The number of aromatic nitrogens is 1. The van der Waals surface area contributed by atoms with Crippen LogP contribution in [-0.4, -0.2) is 16.0 Å². The summed E-state index contributed by atoms with van der Waals surface area (Å²) in [5.74, 6) is -0.305. The Morgan fingerprint density at radius 3 is 2.82 bits per heavy atom. The molecule has 3 N–H and O–H groups in total. The molecule has 0 fully saturated rings. The number of halogens is 1. The van der Waals surface area contributed by atoms with Crippen molar-refractivity contribution in [1.29, 1.82) is 0 Å². The third-order valence-electron chi connectivity index (χ3n) is 3.13. The monoisotopic (exact) mass is 329 g/mol. The summed E-state index contributed by atoms with van der Waals surface area (Å²) in [6.45, 7) is 0. The first-order valence-electron chi connectivity index (χ1n) is 6.57. The van der Waals surface area contributed by atoms with Crippen LogP contribution in [0.15, 0.2) is 54.7 Å². The van der Waals surface area contributed by atoms with Crippen molar-refractivity contribution in [1.82, 2.24) is 10.3 Å². The fraction of sp³-hybridized carbons (Fsp3) is 0. The maximum Gasteiger partial charge on any atom is 0.257 e. The summed E-state index contributed by atoms with van der Waals surface area (Å²) < 4.78 is 0. The Labute approximate surface area is 137 Å². The van der Waals surface area contributed by atoms with Gasteiger partial charge in [-0.1, -0.05) is 23.7 Å². The van der Waals surface area contributed by atoms with Crippen LogP contribution in [0.4, 0.5) is 5.69 Å². The van der Waals surface area contributed by atoms with Gasteiger partial charge >= 0.3 is 0 Å². The van der Waals surface area contributed by atoms with Gasteiger partial charge in [0, 0.05) is 28.0 Å². The average Bonchev–Trinajstić information content (AvgIpc) is 2.94. The molecule has 4 nitrogen and oxygen atoms in total. The predicted molar refractivity (Wildman–Crippen MR) is 93.4 cm³/mol. The van der Waals surface area contributed by atoms with Crippen LogP contribution in [-0.2, 0) is 0 Å². The highest BCUT2D eigenvalue weighted by molar-refractivity contribution is 7.80. The zero-order valence-electron chi connectivity index (χ0n) is 11.4. The number of hydrogen-bond donors (Lipinski definition) is 3. The van der Waals surface area contributed by atoms with E-state index in [0.717, 1.165) is 16.6 Å². The van der Waals surface area contributed by atoms with Crippen molar-refractivity contribution in [3.05, 3.63) is 65.3 Å². The minimum Gasteiger partial charge on any atom is -0.361 e. The van der Waals surface area contributed by atoms with Gasteiger partial charge in [0.05, 0.1) is 0 Å². The van der Waals surface area contributed by atoms with Crippen LogP contribution in [0, 0.1) is 0 Å². The van der Waals surface area contributed by atoms with E-state index in [1.165, 1.54) is 0 Å². The lowest BCUT2D eigenvalue weighted by atomic mass is 10.2. The number of nitrogens with one attached hydrogen (secondary N) is 3. The number of amides is 1. The van der Waals surface area contributed by atoms with Gasteiger partial charge in [-0.05, 0) is 54.0 Å². The molecule has 0 atom stereocenters. The van der Waals surface area contributed by atoms with E-state index < -0.39 is 0 Å². The largest absolute Gasteiger partial charge is 0.361 e. The second kappa shape index (κ2) is 6.17. The summed E-state index contributed by atoms with van der Waals surface area (Å²) in [4.78, 5) is 15.2. The molecule has 0 saturated heterocycles. The van der Waals surface area contributed by atoms with Crippen molar-refractivity contribution in [2.75, 3.05) is 5.32 Å². The fourth-order valence-corrected chi connectivity index (χ4v) is 2.49. The lowest BCUT2D eigenvalue weighted by Gasteiger charge is -2.10. The molecule has 0 spiro atoms. The number of benzene rings is 2. The topological polar surface area (TPSA) is 56.9 Å². The molecular formula is C16H12ClN3OS. The Hall–Kier alpha value is -2.37. The summed E-state index contributed by atoms with van der Waals surface area (Å²) in [5.41, 5.74) is 2.25. The van der Waals surface area contributed by atoms with Gasteiger partial charge in [0.2, 0.25) is 0 Å². The highest BCUT2D eigenvalue weighted by Gasteiger charge is 2.08. The number of carbonyl (C=O) groups is 1. The number of anilines is 1. The number of thiocarbonyl (C=S) groups is 1. The van der Waals surface area contributed by atoms with Gasteiger partial charge in [-0.25, -0.2) is 0 Å². The summed E-state index contributed by atoms with van der Waals surface area (Å²) in [5, 5.41) is 7.46. The molecular weight excluding hydrogens is 318 g/mol. The van der Waals surface area contributed by atoms with E-state index in [1.807, 2.05) is 30.5 Å². The number of carbonyl (C=O) groups excluding carboxylic acids is 1. The maximum absolute atomic E-state index is 12.1. The normalized spacial score (nSPS) is 10.4. The minimum atomic E-state index is -0.305. The van der Waals surface area contributed by atoms with Crippen molar-refractivity contribution < 1.29 is 4.79 Å². The van der Waals surface area contributed by atoms with Crippen LogP contribution in [0.5, 0.6) is 0 Å². The predicted octanol–water partition coefficient (Wildman–Crippen LogP) is 3.95. The van der Waals surface area contributed by atoms with Crippen molar-refractivity contribution in [3.8, 4) is 0 Å².